The first-order valence-electron chi connectivity index (χ1n) is 7.14. The summed E-state index contributed by atoms with van der Waals surface area (Å²) >= 11 is 1.19. The molecular formula is C14H27NO3S. The van der Waals surface area contributed by atoms with Crippen molar-refractivity contribution in [2.45, 2.75) is 59.0 Å². The van der Waals surface area contributed by atoms with E-state index in [1.165, 1.54) is 11.8 Å². The molecule has 0 heterocycles. The highest BCUT2D eigenvalue weighted by molar-refractivity contribution is 8.13. The zero-order valence-electron chi connectivity index (χ0n) is 12.3. The normalized spacial score (nSPS) is 13.9. The summed E-state index contributed by atoms with van der Waals surface area (Å²) in [5.74, 6) is 0.287. The SMILES string of the molecule is CCCCC(=O)NCCSC(=O)[C@@H](C)C(O)CCC. The second kappa shape index (κ2) is 11.3. The molecule has 2 N–H and O–H groups in total. The van der Waals surface area contributed by atoms with Gasteiger partial charge in [0.2, 0.25) is 5.91 Å². The van der Waals surface area contributed by atoms with Crippen LogP contribution in [0.5, 0.6) is 0 Å². The topological polar surface area (TPSA) is 66.4 Å². The molecule has 5 heteroatoms. The summed E-state index contributed by atoms with van der Waals surface area (Å²) in [6.45, 7) is 6.30. The molecule has 0 spiro atoms. The Morgan fingerprint density at radius 1 is 1.26 bits per heavy atom. The summed E-state index contributed by atoms with van der Waals surface area (Å²) in [5.41, 5.74) is 0. The van der Waals surface area contributed by atoms with Gasteiger partial charge in [-0.05, 0) is 12.8 Å². The van der Waals surface area contributed by atoms with Gasteiger partial charge in [-0.3, -0.25) is 9.59 Å². The number of nitrogens with one attached hydrogen (secondary N) is 1. The van der Waals surface area contributed by atoms with Crippen LogP contribution in [0, 0.1) is 5.92 Å². The van der Waals surface area contributed by atoms with Gasteiger partial charge in [0.1, 0.15) is 0 Å². The van der Waals surface area contributed by atoms with Gasteiger partial charge in [-0.25, -0.2) is 0 Å². The van der Waals surface area contributed by atoms with Crippen LogP contribution in [0.25, 0.3) is 0 Å². The number of carbonyl (C=O) groups is 2. The molecule has 19 heavy (non-hydrogen) atoms. The van der Waals surface area contributed by atoms with Crippen LogP contribution in [0.2, 0.25) is 0 Å². The van der Waals surface area contributed by atoms with E-state index in [0.29, 0.717) is 25.1 Å². The summed E-state index contributed by atoms with van der Waals surface area (Å²) < 4.78 is 0. The largest absolute Gasteiger partial charge is 0.392 e. The van der Waals surface area contributed by atoms with E-state index in [4.69, 9.17) is 0 Å². The van der Waals surface area contributed by atoms with Gasteiger partial charge in [-0.15, -0.1) is 0 Å². The fraction of sp³-hybridized carbons (Fsp3) is 0.857. The van der Waals surface area contributed by atoms with E-state index >= 15 is 0 Å². The van der Waals surface area contributed by atoms with Crippen molar-refractivity contribution in [2.75, 3.05) is 12.3 Å². The zero-order chi connectivity index (χ0) is 14.7. The standard InChI is InChI=1S/C14H27NO3S/c1-4-6-8-13(17)15-9-10-19-14(18)11(3)12(16)7-5-2/h11-12,16H,4-10H2,1-3H3,(H,15,17)/t11-,12?/m0/s1. The van der Waals surface area contributed by atoms with Crippen molar-refractivity contribution in [2.24, 2.45) is 5.92 Å². The van der Waals surface area contributed by atoms with Crippen LogP contribution in [-0.4, -0.2) is 34.5 Å². The molecular weight excluding hydrogens is 262 g/mol. The molecule has 0 rings (SSSR count). The van der Waals surface area contributed by atoms with Crippen molar-refractivity contribution < 1.29 is 14.7 Å². The molecule has 112 valence electrons. The fourth-order valence-corrected chi connectivity index (χ4v) is 2.43. The lowest BCUT2D eigenvalue weighted by Crippen LogP contribution is -2.27. The molecule has 0 aliphatic carbocycles. The van der Waals surface area contributed by atoms with Crippen LogP contribution in [0.15, 0.2) is 0 Å². The van der Waals surface area contributed by atoms with Gasteiger partial charge in [-0.2, -0.15) is 0 Å². The van der Waals surface area contributed by atoms with Gasteiger partial charge < -0.3 is 10.4 Å². The number of unbranched alkanes of at least 4 members (excludes halogenated alkanes) is 1. The Labute approximate surface area is 120 Å². The van der Waals surface area contributed by atoms with Crippen LogP contribution >= 0.6 is 11.8 Å². The quantitative estimate of drug-likeness (QED) is 0.606. The number of thioether (sulfide) groups is 1. The average Bonchev–Trinajstić information content (AvgIpc) is 2.40. The monoisotopic (exact) mass is 289 g/mol. The molecule has 4 nitrogen and oxygen atoms in total. The molecule has 0 bridgehead atoms. The van der Waals surface area contributed by atoms with Gasteiger partial charge in [0.15, 0.2) is 5.12 Å². The highest BCUT2D eigenvalue weighted by atomic mass is 32.2. The van der Waals surface area contributed by atoms with E-state index < -0.39 is 6.10 Å². The van der Waals surface area contributed by atoms with Gasteiger partial charge in [0.05, 0.1) is 12.0 Å². The summed E-state index contributed by atoms with van der Waals surface area (Å²) in [5, 5.41) is 12.5. The number of aliphatic hydroxyl groups is 1. The average molecular weight is 289 g/mol. The lowest BCUT2D eigenvalue weighted by molar-refractivity contribution is -0.121. The summed E-state index contributed by atoms with van der Waals surface area (Å²) in [4.78, 5) is 23.1. The number of carbonyl (C=O) groups excluding carboxylic acids is 2. The molecule has 0 aromatic rings. The summed E-state index contributed by atoms with van der Waals surface area (Å²) in [7, 11) is 0. The van der Waals surface area contributed by atoms with E-state index in [9.17, 15) is 14.7 Å². The molecule has 0 saturated carbocycles. The summed E-state index contributed by atoms with van der Waals surface area (Å²) in [6, 6.07) is 0. The predicted molar refractivity (Wildman–Crippen MR) is 80.1 cm³/mol. The number of hydrogen-bond donors (Lipinski definition) is 2. The molecule has 2 atom stereocenters. The van der Waals surface area contributed by atoms with E-state index in [1.807, 2.05) is 13.8 Å². The maximum Gasteiger partial charge on any atom is 0.220 e. The smallest absolute Gasteiger partial charge is 0.220 e. The first-order chi connectivity index (χ1) is 9.02. The Hall–Kier alpha value is -0.550. The zero-order valence-corrected chi connectivity index (χ0v) is 13.1. The van der Waals surface area contributed by atoms with Crippen LogP contribution in [-0.2, 0) is 9.59 Å². The Kier molecular flexibility index (Phi) is 11.0. The lowest BCUT2D eigenvalue weighted by atomic mass is 10.0. The van der Waals surface area contributed by atoms with Gasteiger partial charge in [-0.1, -0.05) is 45.4 Å². The van der Waals surface area contributed by atoms with Crippen molar-refractivity contribution in [1.29, 1.82) is 0 Å². The Morgan fingerprint density at radius 3 is 2.53 bits per heavy atom. The van der Waals surface area contributed by atoms with Crippen molar-refractivity contribution >= 4 is 22.8 Å². The van der Waals surface area contributed by atoms with E-state index in [-0.39, 0.29) is 16.9 Å². The molecule has 0 aromatic heterocycles. The molecule has 0 fully saturated rings. The first kappa shape index (κ1) is 18.4. The fourth-order valence-electron chi connectivity index (χ4n) is 1.60. The van der Waals surface area contributed by atoms with Gasteiger partial charge >= 0.3 is 0 Å². The van der Waals surface area contributed by atoms with Crippen molar-refractivity contribution in [3.05, 3.63) is 0 Å². The molecule has 0 aliphatic rings. The highest BCUT2D eigenvalue weighted by Gasteiger charge is 2.21. The van der Waals surface area contributed by atoms with Crippen LogP contribution in [0.4, 0.5) is 0 Å². The molecule has 0 aliphatic heterocycles. The second-order valence-corrected chi connectivity index (χ2v) is 5.86. The molecule has 1 amide bonds. The third-order valence-electron chi connectivity index (χ3n) is 2.96. The highest BCUT2D eigenvalue weighted by Crippen LogP contribution is 2.17. The number of aliphatic hydroxyl groups excluding tert-OH is 1. The molecule has 0 saturated heterocycles. The number of rotatable bonds is 10. The number of hydrogen-bond acceptors (Lipinski definition) is 4. The molecule has 0 aromatic carbocycles. The Balaban J connectivity index is 3.71. The Morgan fingerprint density at radius 2 is 1.95 bits per heavy atom. The molecule has 1 unspecified atom stereocenters. The first-order valence-corrected chi connectivity index (χ1v) is 8.12. The van der Waals surface area contributed by atoms with Crippen LogP contribution < -0.4 is 5.32 Å². The maximum atomic E-state index is 11.8. The van der Waals surface area contributed by atoms with E-state index in [0.717, 1.165) is 19.3 Å². The molecule has 0 radical (unpaired) electrons. The predicted octanol–water partition coefficient (Wildman–Crippen LogP) is 2.35. The van der Waals surface area contributed by atoms with Crippen LogP contribution in [0.3, 0.4) is 0 Å². The van der Waals surface area contributed by atoms with Crippen molar-refractivity contribution in [3.8, 4) is 0 Å². The second-order valence-electron chi connectivity index (χ2n) is 4.77. The third kappa shape index (κ3) is 9.05. The van der Waals surface area contributed by atoms with Crippen molar-refractivity contribution in [3.63, 3.8) is 0 Å². The number of amides is 1. The Bertz CT molecular complexity index is 271. The van der Waals surface area contributed by atoms with Gasteiger partial charge in [0, 0.05) is 18.7 Å². The third-order valence-corrected chi connectivity index (χ3v) is 4.02. The van der Waals surface area contributed by atoms with E-state index in [1.54, 1.807) is 6.92 Å². The lowest BCUT2D eigenvalue weighted by Gasteiger charge is -2.16. The minimum atomic E-state index is -0.552. The van der Waals surface area contributed by atoms with Crippen LogP contribution in [0.1, 0.15) is 52.9 Å². The minimum absolute atomic E-state index is 0.00348. The van der Waals surface area contributed by atoms with E-state index in [2.05, 4.69) is 5.32 Å². The summed E-state index contributed by atoms with van der Waals surface area (Å²) in [6.07, 6.45) is 3.44. The maximum absolute atomic E-state index is 11.8. The van der Waals surface area contributed by atoms with Gasteiger partial charge in [0.25, 0.3) is 0 Å². The minimum Gasteiger partial charge on any atom is -0.392 e. The van der Waals surface area contributed by atoms with Crippen molar-refractivity contribution in [1.82, 2.24) is 5.32 Å².